The first kappa shape index (κ1) is 15.1. The van der Waals surface area contributed by atoms with Crippen molar-refractivity contribution in [2.75, 3.05) is 21.3 Å². The van der Waals surface area contributed by atoms with E-state index in [1.165, 1.54) is 0 Å². The number of methoxy groups -OCH3 is 3. The first-order chi connectivity index (χ1) is 10.2. The van der Waals surface area contributed by atoms with Crippen molar-refractivity contribution in [3.63, 3.8) is 0 Å². The average molecular weight is 293 g/mol. The average Bonchev–Trinajstić information content (AvgIpc) is 2.93. The van der Waals surface area contributed by atoms with Gasteiger partial charge in [-0.15, -0.1) is 5.10 Å². The van der Waals surface area contributed by atoms with Crippen LogP contribution in [-0.2, 0) is 7.05 Å². The van der Waals surface area contributed by atoms with Crippen molar-refractivity contribution in [3.05, 3.63) is 29.6 Å². The third kappa shape index (κ3) is 2.76. The van der Waals surface area contributed by atoms with Gasteiger partial charge in [0.25, 0.3) is 0 Å². The second-order valence-corrected chi connectivity index (χ2v) is 4.33. The van der Waals surface area contributed by atoms with Crippen LogP contribution in [0.15, 0.2) is 18.3 Å². The molecule has 1 aromatic carbocycles. The van der Waals surface area contributed by atoms with E-state index in [4.69, 9.17) is 20.1 Å². The maximum Gasteiger partial charge on any atom is 0.164 e. The lowest BCUT2D eigenvalue weighted by molar-refractivity contribution is 0.346. The molecule has 0 amide bonds. The standard InChI is InChI=1S/C13H19N5O3/c1-18-9(7-15-17-18)13(16-14)8-5-11(20-3)12(21-4)6-10(8)19-2/h5-7,13,16H,14H2,1-4H3. The van der Waals surface area contributed by atoms with Gasteiger partial charge in [-0.2, -0.15) is 0 Å². The van der Waals surface area contributed by atoms with E-state index in [0.717, 1.165) is 11.3 Å². The lowest BCUT2D eigenvalue weighted by atomic mass is 10.0. The molecule has 0 aliphatic rings. The number of hydrogen-bond acceptors (Lipinski definition) is 7. The van der Waals surface area contributed by atoms with Crippen LogP contribution in [0.5, 0.6) is 17.2 Å². The molecule has 2 aromatic rings. The van der Waals surface area contributed by atoms with Crippen LogP contribution in [0.25, 0.3) is 0 Å². The van der Waals surface area contributed by atoms with Crippen molar-refractivity contribution in [3.8, 4) is 17.2 Å². The summed E-state index contributed by atoms with van der Waals surface area (Å²) in [6.07, 6.45) is 1.64. The monoisotopic (exact) mass is 293 g/mol. The van der Waals surface area contributed by atoms with Gasteiger partial charge in [0.15, 0.2) is 11.5 Å². The molecule has 8 heteroatoms. The summed E-state index contributed by atoms with van der Waals surface area (Å²) in [5.41, 5.74) is 4.34. The topological polar surface area (TPSA) is 96.5 Å². The molecule has 1 aromatic heterocycles. The summed E-state index contributed by atoms with van der Waals surface area (Å²) in [5.74, 6) is 7.49. The third-order valence-corrected chi connectivity index (χ3v) is 3.26. The van der Waals surface area contributed by atoms with Crippen LogP contribution < -0.4 is 25.5 Å². The zero-order chi connectivity index (χ0) is 15.4. The Morgan fingerprint density at radius 2 is 1.71 bits per heavy atom. The summed E-state index contributed by atoms with van der Waals surface area (Å²) in [5, 5.41) is 7.79. The number of hydrazine groups is 1. The molecule has 1 heterocycles. The molecule has 1 atom stereocenters. The fraction of sp³-hybridized carbons (Fsp3) is 0.385. The van der Waals surface area contributed by atoms with Crippen LogP contribution in [0, 0.1) is 0 Å². The summed E-state index contributed by atoms with van der Waals surface area (Å²) in [7, 11) is 6.52. The number of ether oxygens (including phenoxy) is 3. The molecule has 0 aliphatic heterocycles. The van der Waals surface area contributed by atoms with Crippen molar-refractivity contribution in [2.24, 2.45) is 12.9 Å². The van der Waals surface area contributed by atoms with Gasteiger partial charge in [0, 0.05) is 18.7 Å². The van der Waals surface area contributed by atoms with Crippen LogP contribution in [0.3, 0.4) is 0 Å². The van der Waals surface area contributed by atoms with Crippen molar-refractivity contribution in [2.45, 2.75) is 6.04 Å². The summed E-state index contributed by atoms with van der Waals surface area (Å²) in [4.78, 5) is 0. The quantitative estimate of drug-likeness (QED) is 0.587. The first-order valence-corrected chi connectivity index (χ1v) is 6.26. The van der Waals surface area contributed by atoms with E-state index >= 15 is 0 Å². The second kappa shape index (κ2) is 6.42. The van der Waals surface area contributed by atoms with Crippen LogP contribution in [0.4, 0.5) is 0 Å². The van der Waals surface area contributed by atoms with E-state index in [1.807, 2.05) is 6.07 Å². The fourth-order valence-corrected chi connectivity index (χ4v) is 2.17. The number of hydrogen-bond donors (Lipinski definition) is 2. The molecule has 0 aliphatic carbocycles. The number of nitrogens with one attached hydrogen (secondary N) is 1. The minimum Gasteiger partial charge on any atom is -0.496 e. The van der Waals surface area contributed by atoms with Crippen molar-refractivity contribution in [1.82, 2.24) is 20.4 Å². The number of nitrogens with two attached hydrogens (primary N) is 1. The predicted molar refractivity (Wildman–Crippen MR) is 76.3 cm³/mol. The molecule has 1 unspecified atom stereocenters. The first-order valence-electron chi connectivity index (χ1n) is 6.26. The van der Waals surface area contributed by atoms with E-state index in [0.29, 0.717) is 17.2 Å². The molecule has 3 N–H and O–H groups in total. The minimum atomic E-state index is -0.347. The molecule has 2 rings (SSSR count). The highest BCUT2D eigenvalue weighted by Gasteiger charge is 2.23. The Morgan fingerprint density at radius 1 is 1.10 bits per heavy atom. The molecule has 21 heavy (non-hydrogen) atoms. The Labute approximate surface area is 122 Å². The Bertz CT molecular complexity index is 614. The highest BCUT2D eigenvalue weighted by atomic mass is 16.5. The largest absolute Gasteiger partial charge is 0.496 e. The van der Waals surface area contributed by atoms with Crippen molar-refractivity contribution < 1.29 is 14.2 Å². The minimum absolute atomic E-state index is 0.347. The Morgan fingerprint density at radius 3 is 2.19 bits per heavy atom. The Kier molecular flexibility index (Phi) is 4.61. The van der Waals surface area contributed by atoms with Gasteiger partial charge in [-0.3, -0.25) is 10.5 Å². The van der Waals surface area contributed by atoms with Gasteiger partial charge in [-0.1, -0.05) is 5.21 Å². The zero-order valence-corrected chi connectivity index (χ0v) is 12.5. The second-order valence-electron chi connectivity index (χ2n) is 4.33. The maximum atomic E-state index is 5.70. The van der Waals surface area contributed by atoms with Gasteiger partial charge in [0.1, 0.15) is 5.75 Å². The van der Waals surface area contributed by atoms with Crippen molar-refractivity contribution in [1.29, 1.82) is 0 Å². The lowest BCUT2D eigenvalue weighted by Gasteiger charge is -2.20. The van der Waals surface area contributed by atoms with E-state index in [2.05, 4.69) is 15.7 Å². The third-order valence-electron chi connectivity index (χ3n) is 3.26. The SMILES string of the molecule is COc1cc(OC)c(C(NN)c2cnnn2C)cc1OC. The van der Waals surface area contributed by atoms with E-state index in [1.54, 1.807) is 45.3 Å². The normalized spacial score (nSPS) is 12.0. The number of nitrogens with zero attached hydrogens (tertiary/aromatic N) is 3. The van der Waals surface area contributed by atoms with Gasteiger partial charge < -0.3 is 14.2 Å². The Balaban J connectivity index is 2.57. The summed E-state index contributed by atoms with van der Waals surface area (Å²) < 4.78 is 17.7. The number of aryl methyl sites for hydroxylation is 1. The molecule has 0 fully saturated rings. The summed E-state index contributed by atoms with van der Waals surface area (Å²) in [6.45, 7) is 0. The molecular weight excluding hydrogens is 274 g/mol. The van der Waals surface area contributed by atoms with Gasteiger partial charge in [-0.25, -0.2) is 5.43 Å². The molecule has 0 spiro atoms. The van der Waals surface area contributed by atoms with Gasteiger partial charge >= 0.3 is 0 Å². The summed E-state index contributed by atoms with van der Waals surface area (Å²) in [6, 6.07) is 3.22. The summed E-state index contributed by atoms with van der Waals surface area (Å²) >= 11 is 0. The predicted octanol–water partition coefficient (Wildman–Crippen LogP) is 0.394. The van der Waals surface area contributed by atoms with Crippen molar-refractivity contribution >= 4 is 0 Å². The number of rotatable bonds is 6. The van der Waals surface area contributed by atoms with Crippen LogP contribution >= 0.6 is 0 Å². The fourth-order valence-electron chi connectivity index (χ4n) is 2.17. The lowest BCUT2D eigenvalue weighted by Crippen LogP contribution is -2.30. The van der Waals surface area contributed by atoms with Gasteiger partial charge in [0.05, 0.1) is 39.3 Å². The number of benzene rings is 1. The smallest absolute Gasteiger partial charge is 0.164 e. The molecule has 0 saturated heterocycles. The maximum absolute atomic E-state index is 5.70. The van der Waals surface area contributed by atoms with Gasteiger partial charge in [0.2, 0.25) is 0 Å². The van der Waals surface area contributed by atoms with E-state index < -0.39 is 0 Å². The van der Waals surface area contributed by atoms with Gasteiger partial charge in [-0.05, 0) is 6.07 Å². The van der Waals surface area contributed by atoms with Crippen LogP contribution in [-0.4, -0.2) is 36.3 Å². The number of aromatic nitrogens is 3. The molecular formula is C13H19N5O3. The molecule has 0 bridgehead atoms. The van der Waals surface area contributed by atoms with E-state index in [-0.39, 0.29) is 6.04 Å². The molecule has 8 nitrogen and oxygen atoms in total. The zero-order valence-electron chi connectivity index (χ0n) is 12.5. The highest BCUT2D eigenvalue weighted by Crippen LogP contribution is 2.38. The molecule has 114 valence electrons. The molecule has 0 radical (unpaired) electrons. The highest BCUT2D eigenvalue weighted by molar-refractivity contribution is 5.53. The Hall–Kier alpha value is -2.32. The van der Waals surface area contributed by atoms with Crippen LogP contribution in [0.2, 0.25) is 0 Å². The molecule has 0 saturated carbocycles. The van der Waals surface area contributed by atoms with E-state index in [9.17, 15) is 0 Å². The van der Waals surface area contributed by atoms with Crippen LogP contribution in [0.1, 0.15) is 17.3 Å².